The van der Waals surface area contributed by atoms with Gasteiger partial charge < -0.3 is 15.3 Å². The number of amides is 2. The van der Waals surface area contributed by atoms with Crippen molar-refractivity contribution in [1.29, 1.82) is 0 Å². The predicted molar refractivity (Wildman–Crippen MR) is 138 cm³/mol. The molecule has 3 aromatic carbocycles. The van der Waals surface area contributed by atoms with Crippen LogP contribution in [0.4, 0.5) is 4.39 Å². The topological polar surface area (TPSA) is 107 Å². The number of carbonyl (C=O) groups excluding carboxylic acids is 2. The lowest BCUT2D eigenvalue weighted by molar-refractivity contribution is -0.141. The van der Waals surface area contributed by atoms with Gasteiger partial charge in [-0.2, -0.15) is 4.31 Å². The van der Waals surface area contributed by atoms with Crippen LogP contribution in [0.25, 0.3) is 0 Å². The third kappa shape index (κ3) is 8.21. The van der Waals surface area contributed by atoms with Gasteiger partial charge in [0.25, 0.3) is 0 Å². The Labute approximate surface area is 216 Å². The summed E-state index contributed by atoms with van der Waals surface area (Å²) in [6.07, 6.45) is 1.02. The summed E-state index contributed by atoms with van der Waals surface area (Å²) in [6, 6.07) is 21.8. The van der Waals surface area contributed by atoms with Crippen molar-refractivity contribution >= 4 is 21.8 Å². The molecule has 1 atom stereocenters. The summed E-state index contributed by atoms with van der Waals surface area (Å²) < 4.78 is 39.8. The number of rotatable bonds is 12. The van der Waals surface area contributed by atoms with Gasteiger partial charge in [0, 0.05) is 19.6 Å². The van der Waals surface area contributed by atoms with E-state index in [9.17, 15) is 27.5 Å². The number of aliphatic hydroxyl groups is 1. The smallest absolute Gasteiger partial charge is 0.247 e. The van der Waals surface area contributed by atoms with E-state index in [0.29, 0.717) is 16.7 Å². The Morgan fingerprint density at radius 2 is 1.46 bits per heavy atom. The molecule has 3 rings (SSSR count). The fourth-order valence-corrected chi connectivity index (χ4v) is 4.54. The van der Waals surface area contributed by atoms with Gasteiger partial charge in [0.2, 0.25) is 21.8 Å². The highest BCUT2D eigenvalue weighted by Crippen LogP contribution is 2.25. The maximum absolute atomic E-state index is 13.8. The maximum Gasteiger partial charge on any atom is 0.247 e. The maximum atomic E-state index is 13.8. The Hall–Kier alpha value is -3.60. The molecule has 2 N–H and O–H groups in total. The first-order chi connectivity index (χ1) is 17.7. The number of sulfonamides is 1. The van der Waals surface area contributed by atoms with Gasteiger partial charge >= 0.3 is 0 Å². The van der Waals surface area contributed by atoms with Crippen LogP contribution >= 0.6 is 0 Å². The second-order valence-corrected chi connectivity index (χ2v) is 10.5. The van der Waals surface area contributed by atoms with Crippen molar-refractivity contribution in [1.82, 2.24) is 14.5 Å². The summed E-state index contributed by atoms with van der Waals surface area (Å²) in [5, 5.41) is 11.8. The van der Waals surface area contributed by atoms with Crippen LogP contribution in [-0.4, -0.2) is 60.5 Å². The highest BCUT2D eigenvalue weighted by Gasteiger charge is 2.33. The minimum absolute atomic E-state index is 0.0236. The molecule has 0 saturated carbocycles. The van der Waals surface area contributed by atoms with Crippen LogP contribution in [0, 0.1) is 5.82 Å². The monoisotopic (exact) mass is 527 g/mol. The van der Waals surface area contributed by atoms with Crippen LogP contribution in [0.5, 0.6) is 0 Å². The second kappa shape index (κ2) is 13.1. The largest absolute Gasteiger partial charge is 0.395 e. The van der Waals surface area contributed by atoms with E-state index in [4.69, 9.17) is 0 Å². The minimum Gasteiger partial charge on any atom is -0.395 e. The van der Waals surface area contributed by atoms with E-state index in [1.807, 2.05) is 0 Å². The average molecular weight is 528 g/mol. The quantitative estimate of drug-likeness (QED) is 0.376. The standard InChI is InChI=1S/C27H30FN3O5S/c1-37(35,36)30(18-21-8-4-2-5-9-21)20-25(33)31(19-22-12-14-24(28)15-13-22)26(27(34)29-16-17-32)23-10-6-3-7-11-23/h2-15,26,32H,16-20H2,1H3,(H,29,34). The van der Waals surface area contributed by atoms with Crippen molar-refractivity contribution in [2.24, 2.45) is 0 Å². The molecule has 0 aliphatic carbocycles. The number of hydrogen-bond acceptors (Lipinski definition) is 5. The van der Waals surface area contributed by atoms with Crippen LogP contribution in [-0.2, 0) is 32.7 Å². The third-order valence-electron chi connectivity index (χ3n) is 5.66. The number of nitrogens with one attached hydrogen (secondary N) is 1. The van der Waals surface area contributed by atoms with Crippen molar-refractivity contribution in [2.45, 2.75) is 19.1 Å². The first-order valence-corrected chi connectivity index (χ1v) is 13.5. The van der Waals surface area contributed by atoms with Crippen molar-refractivity contribution in [3.05, 3.63) is 107 Å². The molecular weight excluding hydrogens is 497 g/mol. The summed E-state index contributed by atoms with van der Waals surface area (Å²) >= 11 is 0. The van der Waals surface area contributed by atoms with Crippen LogP contribution in [0.3, 0.4) is 0 Å². The summed E-state index contributed by atoms with van der Waals surface area (Å²) in [4.78, 5) is 28.3. The SMILES string of the molecule is CS(=O)(=O)N(CC(=O)N(Cc1ccc(F)cc1)C(C(=O)NCCO)c1ccccc1)Cc1ccccc1. The molecule has 0 heterocycles. The number of hydrogen-bond donors (Lipinski definition) is 2. The first kappa shape index (κ1) is 28.0. The third-order valence-corrected chi connectivity index (χ3v) is 6.85. The zero-order valence-corrected chi connectivity index (χ0v) is 21.3. The van der Waals surface area contributed by atoms with Crippen molar-refractivity contribution in [2.75, 3.05) is 26.0 Å². The molecule has 10 heteroatoms. The highest BCUT2D eigenvalue weighted by atomic mass is 32.2. The summed E-state index contributed by atoms with van der Waals surface area (Å²) in [7, 11) is -3.79. The van der Waals surface area contributed by atoms with Crippen molar-refractivity contribution in [3.8, 4) is 0 Å². The Kier molecular flexibility index (Phi) is 9.90. The van der Waals surface area contributed by atoms with E-state index in [2.05, 4.69) is 5.32 Å². The molecule has 8 nitrogen and oxygen atoms in total. The minimum atomic E-state index is -3.79. The number of aliphatic hydroxyl groups excluding tert-OH is 1. The molecule has 0 fully saturated rings. The Bertz CT molecular complexity index is 1270. The van der Waals surface area contributed by atoms with Gasteiger partial charge in [-0.1, -0.05) is 72.8 Å². The van der Waals surface area contributed by atoms with Gasteiger partial charge in [-0.05, 0) is 28.8 Å². The zero-order valence-electron chi connectivity index (χ0n) is 20.5. The van der Waals surface area contributed by atoms with E-state index in [1.54, 1.807) is 60.7 Å². The second-order valence-electron chi connectivity index (χ2n) is 8.49. The number of nitrogens with zero attached hydrogens (tertiary/aromatic N) is 2. The molecule has 0 radical (unpaired) electrons. The fourth-order valence-electron chi connectivity index (χ4n) is 3.81. The average Bonchev–Trinajstić information content (AvgIpc) is 2.88. The number of carbonyl (C=O) groups is 2. The zero-order chi connectivity index (χ0) is 26.8. The van der Waals surface area contributed by atoms with E-state index in [0.717, 1.165) is 10.6 Å². The molecule has 0 aliphatic rings. The summed E-state index contributed by atoms with van der Waals surface area (Å²) in [5.41, 5.74) is 1.76. The van der Waals surface area contributed by atoms with Crippen molar-refractivity contribution in [3.63, 3.8) is 0 Å². The van der Waals surface area contributed by atoms with E-state index in [1.165, 1.54) is 29.2 Å². The van der Waals surface area contributed by atoms with Crippen LogP contribution < -0.4 is 5.32 Å². The molecule has 0 spiro atoms. The lowest BCUT2D eigenvalue weighted by Crippen LogP contribution is -2.48. The van der Waals surface area contributed by atoms with Gasteiger partial charge in [0.1, 0.15) is 11.9 Å². The Balaban J connectivity index is 2.00. The molecule has 3 aromatic rings. The molecular formula is C27H30FN3O5S. The van der Waals surface area contributed by atoms with E-state index < -0.39 is 40.2 Å². The van der Waals surface area contributed by atoms with Gasteiger partial charge in [-0.3, -0.25) is 9.59 Å². The Morgan fingerprint density at radius 1 is 0.892 bits per heavy atom. The molecule has 2 amide bonds. The van der Waals surface area contributed by atoms with E-state index in [-0.39, 0.29) is 26.2 Å². The van der Waals surface area contributed by atoms with Crippen LogP contribution in [0.2, 0.25) is 0 Å². The van der Waals surface area contributed by atoms with E-state index >= 15 is 0 Å². The fraction of sp³-hybridized carbons (Fsp3) is 0.259. The molecule has 37 heavy (non-hydrogen) atoms. The Morgan fingerprint density at radius 3 is 2.03 bits per heavy atom. The molecule has 0 aromatic heterocycles. The van der Waals surface area contributed by atoms with Crippen molar-refractivity contribution < 1.29 is 27.5 Å². The van der Waals surface area contributed by atoms with Gasteiger partial charge in [-0.25, -0.2) is 12.8 Å². The lowest BCUT2D eigenvalue weighted by Gasteiger charge is -2.33. The lowest BCUT2D eigenvalue weighted by atomic mass is 10.0. The normalized spacial score (nSPS) is 12.2. The van der Waals surface area contributed by atoms with Gasteiger partial charge in [-0.15, -0.1) is 0 Å². The molecule has 196 valence electrons. The van der Waals surface area contributed by atoms with Crippen LogP contribution in [0.1, 0.15) is 22.7 Å². The first-order valence-electron chi connectivity index (χ1n) is 11.7. The van der Waals surface area contributed by atoms with Gasteiger partial charge in [0.05, 0.1) is 19.4 Å². The predicted octanol–water partition coefficient (Wildman–Crippen LogP) is 2.47. The molecule has 0 saturated heterocycles. The highest BCUT2D eigenvalue weighted by molar-refractivity contribution is 7.88. The number of halogens is 1. The van der Waals surface area contributed by atoms with Gasteiger partial charge in [0.15, 0.2) is 0 Å². The molecule has 1 unspecified atom stereocenters. The van der Waals surface area contributed by atoms with Crippen LogP contribution in [0.15, 0.2) is 84.9 Å². The summed E-state index contributed by atoms with van der Waals surface area (Å²) in [6.45, 7) is -0.926. The number of benzene rings is 3. The molecule has 0 aliphatic heterocycles. The molecule has 0 bridgehead atoms. The summed E-state index contributed by atoms with van der Waals surface area (Å²) in [5.74, 6) is -1.60.